The van der Waals surface area contributed by atoms with Gasteiger partial charge in [-0.15, -0.1) is 0 Å². The summed E-state index contributed by atoms with van der Waals surface area (Å²) >= 11 is 6.84. The molecule has 0 aliphatic rings. The summed E-state index contributed by atoms with van der Waals surface area (Å²) in [5, 5.41) is 2.97. The van der Waals surface area contributed by atoms with E-state index in [2.05, 4.69) is 37.2 Å². The summed E-state index contributed by atoms with van der Waals surface area (Å²) in [6, 6.07) is 27.2. The molecule has 46 heavy (non-hydrogen) atoms. The van der Waals surface area contributed by atoms with Crippen LogP contribution in [-0.4, -0.2) is 50.9 Å². The normalized spacial score (nSPS) is 12.0. The lowest BCUT2D eigenvalue weighted by molar-refractivity contribution is -0.140. The first-order chi connectivity index (χ1) is 21.9. The van der Waals surface area contributed by atoms with Gasteiger partial charge in [-0.05, 0) is 90.3 Å². The number of hydrogen-bond acceptors (Lipinski definition) is 5. The van der Waals surface area contributed by atoms with Crippen LogP contribution in [0.5, 0.6) is 5.75 Å². The maximum atomic E-state index is 14.5. The number of nitrogens with one attached hydrogen (secondary N) is 1. The van der Waals surface area contributed by atoms with Crippen LogP contribution in [0.4, 0.5) is 5.69 Å². The van der Waals surface area contributed by atoms with Gasteiger partial charge >= 0.3 is 0 Å². The number of halogens is 2. The molecule has 0 aromatic heterocycles. The number of aryl methyl sites for hydroxylation is 1. The number of benzene rings is 4. The standard InChI is InChI=1S/C35H37Br2N3O5S/c1-24(2)38-35(42)32(20-26-8-6-5-7-9-26)39(22-27-12-14-28(36)15-13-27)34(41)23-40(29-16-10-25(3)11-17-29)46(43,44)30-18-19-33(45-4)31(37)21-30/h5-19,21,24,32H,20,22-23H2,1-4H3,(H,38,42). The molecular formula is C35H37Br2N3O5S. The molecule has 4 rings (SSSR count). The third-order valence-corrected chi connectivity index (χ3v) is 10.2. The number of methoxy groups -OCH3 is 1. The van der Waals surface area contributed by atoms with Gasteiger partial charge < -0.3 is 15.0 Å². The van der Waals surface area contributed by atoms with E-state index in [0.717, 1.165) is 25.5 Å². The predicted octanol–water partition coefficient (Wildman–Crippen LogP) is 6.89. The van der Waals surface area contributed by atoms with Crippen LogP contribution in [0.15, 0.2) is 111 Å². The fraction of sp³-hybridized carbons (Fsp3) is 0.257. The zero-order chi connectivity index (χ0) is 33.4. The minimum atomic E-state index is -4.25. The van der Waals surface area contributed by atoms with Gasteiger partial charge in [-0.25, -0.2) is 8.42 Å². The quantitative estimate of drug-likeness (QED) is 0.160. The van der Waals surface area contributed by atoms with Gasteiger partial charge in [0.2, 0.25) is 11.8 Å². The molecular weight excluding hydrogens is 734 g/mol. The van der Waals surface area contributed by atoms with Crippen molar-refractivity contribution < 1.29 is 22.7 Å². The molecule has 0 saturated heterocycles. The zero-order valence-electron chi connectivity index (χ0n) is 26.1. The molecule has 0 radical (unpaired) electrons. The molecule has 0 saturated carbocycles. The number of anilines is 1. The summed E-state index contributed by atoms with van der Waals surface area (Å²) < 4.78 is 36.3. The third-order valence-electron chi connectivity index (χ3n) is 7.28. The van der Waals surface area contributed by atoms with Crippen molar-refractivity contribution in [1.29, 1.82) is 0 Å². The fourth-order valence-corrected chi connectivity index (χ4v) is 7.29. The van der Waals surface area contributed by atoms with Gasteiger partial charge in [-0.1, -0.05) is 76.1 Å². The van der Waals surface area contributed by atoms with Crippen molar-refractivity contribution in [3.63, 3.8) is 0 Å². The van der Waals surface area contributed by atoms with E-state index in [1.54, 1.807) is 30.3 Å². The van der Waals surface area contributed by atoms with E-state index in [4.69, 9.17) is 4.74 Å². The molecule has 1 unspecified atom stereocenters. The van der Waals surface area contributed by atoms with Crippen molar-refractivity contribution in [3.05, 3.63) is 123 Å². The first kappa shape index (κ1) is 35.2. The largest absolute Gasteiger partial charge is 0.496 e. The number of rotatable bonds is 13. The average molecular weight is 772 g/mol. The number of sulfonamides is 1. The number of nitrogens with zero attached hydrogens (tertiary/aromatic N) is 2. The average Bonchev–Trinajstić information content (AvgIpc) is 3.03. The second-order valence-corrected chi connectivity index (χ2v) is 14.8. The molecule has 0 aliphatic carbocycles. The Labute approximate surface area is 288 Å². The Morgan fingerprint density at radius 2 is 1.52 bits per heavy atom. The van der Waals surface area contributed by atoms with E-state index < -0.39 is 28.5 Å². The Morgan fingerprint density at radius 1 is 0.870 bits per heavy atom. The molecule has 8 nitrogen and oxygen atoms in total. The summed E-state index contributed by atoms with van der Waals surface area (Å²) in [7, 11) is -2.76. The van der Waals surface area contributed by atoms with Crippen LogP contribution < -0.4 is 14.4 Å². The first-order valence-electron chi connectivity index (χ1n) is 14.7. The summed E-state index contributed by atoms with van der Waals surface area (Å²) in [4.78, 5) is 29.8. The number of ether oxygens (including phenoxy) is 1. The number of carbonyl (C=O) groups excluding carboxylic acids is 2. The molecule has 4 aromatic rings. The van der Waals surface area contributed by atoms with Crippen LogP contribution >= 0.6 is 31.9 Å². The van der Waals surface area contributed by atoms with Crippen LogP contribution in [0.2, 0.25) is 0 Å². The van der Waals surface area contributed by atoms with Crippen molar-refractivity contribution in [2.24, 2.45) is 0 Å². The van der Waals surface area contributed by atoms with Crippen LogP contribution in [0.25, 0.3) is 0 Å². The van der Waals surface area contributed by atoms with Crippen LogP contribution in [0, 0.1) is 6.92 Å². The minimum Gasteiger partial charge on any atom is -0.496 e. The number of amides is 2. The third kappa shape index (κ3) is 8.98. The summed E-state index contributed by atoms with van der Waals surface area (Å²) in [6.07, 6.45) is 0.240. The Morgan fingerprint density at radius 3 is 2.11 bits per heavy atom. The van der Waals surface area contributed by atoms with E-state index >= 15 is 0 Å². The van der Waals surface area contributed by atoms with E-state index in [0.29, 0.717) is 15.9 Å². The first-order valence-corrected chi connectivity index (χ1v) is 17.7. The maximum absolute atomic E-state index is 14.5. The van der Waals surface area contributed by atoms with E-state index in [-0.39, 0.29) is 29.8 Å². The zero-order valence-corrected chi connectivity index (χ0v) is 30.1. The van der Waals surface area contributed by atoms with Crippen LogP contribution in [0.3, 0.4) is 0 Å². The molecule has 1 atom stereocenters. The second kappa shape index (κ2) is 15.8. The number of carbonyl (C=O) groups is 2. The van der Waals surface area contributed by atoms with Crippen molar-refractivity contribution in [2.45, 2.75) is 50.7 Å². The van der Waals surface area contributed by atoms with Gasteiger partial charge in [-0.2, -0.15) is 0 Å². The van der Waals surface area contributed by atoms with Crippen molar-refractivity contribution >= 4 is 59.4 Å². The van der Waals surface area contributed by atoms with Crippen molar-refractivity contribution in [2.75, 3.05) is 18.0 Å². The van der Waals surface area contributed by atoms with Crippen molar-refractivity contribution in [1.82, 2.24) is 10.2 Å². The Balaban J connectivity index is 1.81. The highest BCUT2D eigenvalue weighted by molar-refractivity contribution is 9.10. The molecule has 0 spiro atoms. The van der Waals surface area contributed by atoms with Crippen molar-refractivity contribution in [3.8, 4) is 5.75 Å². The van der Waals surface area contributed by atoms with E-state index in [1.165, 1.54) is 24.1 Å². The smallest absolute Gasteiger partial charge is 0.264 e. The van der Waals surface area contributed by atoms with Crippen LogP contribution in [-0.2, 0) is 32.6 Å². The molecule has 0 heterocycles. The summed E-state index contributed by atoms with van der Waals surface area (Å²) in [5.41, 5.74) is 2.91. The lowest BCUT2D eigenvalue weighted by atomic mass is 10.0. The molecule has 0 bridgehead atoms. The van der Waals surface area contributed by atoms with Gasteiger partial charge in [0.25, 0.3) is 10.0 Å². The lowest BCUT2D eigenvalue weighted by Gasteiger charge is -2.34. The highest BCUT2D eigenvalue weighted by Crippen LogP contribution is 2.31. The predicted molar refractivity (Wildman–Crippen MR) is 188 cm³/mol. The Bertz CT molecular complexity index is 1750. The molecule has 11 heteroatoms. The van der Waals surface area contributed by atoms with Gasteiger partial charge in [0, 0.05) is 23.5 Å². The second-order valence-electron chi connectivity index (χ2n) is 11.2. The van der Waals surface area contributed by atoms with Crippen LogP contribution in [0.1, 0.15) is 30.5 Å². The fourth-order valence-electron chi connectivity index (χ4n) is 4.90. The highest BCUT2D eigenvalue weighted by Gasteiger charge is 2.35. The molecule has 0 aliphatic heterocycles. The molecule has 242 valence electrons. The number of hydrogen-bond donors (Lipinski definition) is 1. The minimum absolute atomic E-state index is 0.0219. The molecule has 2 amide bonds. The SMILES string of the molecule is COc1ccc(S(=O)(=O)N(CC(=O)N(Cc2ccc(Br)cc2)C(Cc2ccccc2)C(=O)NC(C)C)c2ccc(C)cc2)cc1Br. The maximum Gasteiger partial charge on any atom is 0.264 e. The highest BCUT2D eigenvalue weighted by atomic mass is 79.9. The summed E-state index contributed by atoms with van der Waals surface area (Å²) in [6.45, 7) is 5.17. The molecule has 1 N–H and O–H groups in total. The van der Waals surface area contributed by atoms with E-state index in [1.807, 2.05) is 75.4 Å². The van der Waals surface area contributed by atoms with Gasteiger partial charge in [0.05, 0.1) is 22.2 Å². The molecule has 4 aromatic carbocycles. The van der Waals surface area contributed by atoms with Gasteiger partial charge in [0.1, 0.15) is 18.3 Å². The lowest BCUT2D eigenvalue weighted by Crippen LogP contribution is -2.54. The summed E-state index contributed by atoms with van der Waals surface area (Å²) in [5.74, 6) is -0.384. The monoisotopic (exact) mass is 769 g/mol. The Hall–Kier alpha value is -3.67. The van der Waals surface area contributed by atoms with E-state index in [9.17, 15) is 18.0 Å². The van der Waals surface area contributed by atoms with Gasteiger partial charge in [0.15, 0.2) is 0 Å². The topological polar surface area (TPSA) is 96.0 Å². The molecule has 0 fully saturated rings. The Kier molecular flexibility index (Phi) is 12.0. The van der Waals surface area contributed by atoms with Gasteiger partial charge in [-0.3, -0.25) is 13.9 Å².